The average Bonchev–Trinajstić information content (AvgIpc) is 2.78. The molecule has 0 fully saturated rings. The fourth-order valence-corrected chi connectivity index (χ4v) is 1.81. The van der Waals surface area contributed by atoms with Gasteiger partial charge in [-0.3, -0.25) is 4.79 Å². The van der Waals surface area contributed by atoms with E-state index in [1.54, 1.807) is 19.2 Å². The van der Waals surface area contributed by atoms with Gasteiger partial charge in [0.2, 0.25) is 0 Å². The van der Waals surface area contributed by atoms with Crippen molar-refractivity contribution in [1.29, 1.82) is 0 Å². The molecule has 4 nitrogen and oxygen atoms in total. The molecule has 0 saturated heterocycles. The predicted octanol–water partition coefficient (Wildman–Crippen LogP) is 2.97. The quantitative estimate of drug-likeness (QED) is 0.678. The molecule has 0 saturated carbocycles. The lowest BCUT2D eigenvalue weighted by Gasteiger charge is -2.01. The number of nitrogens with one attached hydrogen (secondary N) is 1. The van der Waals surface area contributed by atoms with E-state index in [4.69, 9.17) is 4.42 Å². The number of carbonyl (C=O) groups excluding carboxylic acids is 1. The molecule has 2 aromatic rings. The summed E-state index contributed by atoms with van der Waals surface area (Å²) in [6.07, 6.45) is 3.13. The molecule has 1 aromatic carbocycles. The van der Waals surface area contributed by atoms with Crippen LogP contribution in [-0.4, -0.2) is 12.1 Å². The van der Waals surface area contributed by atoms with Gasteiger partial charge in [0.15, 0.2) is 0 Å². The molecule has 1 N–H and O–H groups in total. The summed E-state index contributed by atoms with van der Waals surface area (Å²) < 4.78 is 5.07. The third kappa shape index (κ3) is 3.10. The number of rotatable bonds is 3. The van der Waals surface area contributed by atoms with Gasteiger partial charge in [0, 0.05) is 0 Å². The largest absolute Gasteiger partial charge is 0.469 e. The van der Waals surface area contributed by atoms with Crippen LogP contribution in [0, 0.1) is 20.8 Å². The molecule has 0 bridgehead atoms. The molecule has 0 atom stereocenters. The van der Waals surface area contributed by atoms with E-state index >= 15 is 0 Å². The van der Waals surface area contributed by atoms with Crippen LogP contribution in [0.1, 0.15) is 32.8 Å². The molecule has 2 rings (SSSR count). The second-order valence-electron chi connectivity index (χ2n) is 4.45. The van der Waals surface area contributed by atoms with Gasteiger partial charge in [-0.2, -0.15) is 5.10 Å². The van der Waals surface area contributed by atoms with Crippen LogP contribution in [0.15, 0.2) is 40.0 Å². The predicted molar refractivity (Wildman–Crippen MR) is 74.4 cm³/mol. The van der Waals surface area contributed by atoms with Crippen LogP contribution in [0.3, 0.4) is 0 Å². The number of aryl methyl sites for hydroxylation is 3. The van der Waals surface area contributed by atoms with Gasteiger partial charge in [-0.15, -0.1) is 0 Å². The number of hydrogen-bond acceptors (Lipinski definition) is 3. The van der Waals surface area contributed by atoms with Crippen LogP contribution in [0.4, 0.5) is 0 Å². The van der Waals surface area contributed by atoms with Gasteiger partial charge in [0.1, 0.15) is 5.76 Å². The number of hydrogen-bond donors (Lipinski definition) is 1. The SMILES string of the molecule is Cc1ccc(/C=N\NC(=O)c2ccoc2C)c(C)c1. The zero-order chi connectivity index (χ0) is 13.8. The summed E-state index contributed by atoms with van der Waals surface area (Å²) in [4.78, 5) is 11.8. The molecule has 0 unspecified atom stereocenters. The first kappa shape index (κ1) is 13.1. The van der Waals surface area contributed by atoms with Crippen LogP contribution in [0.25, 0.3) is 0 Å². The highest BCUT2D eigenvalue weighted by Crippen LogP contribution is 2.09. The maximum atomic E-state index is 11.8. The van der Waals surface area contributed by atoms with Crippen molar-refractivity contribution >= 4 is 12.1 Å². The Kier molecular flexibility index (Phi) is 3.80. The molecule has 19 heavy (non-hydrogen) atoms. The zero-order valence-corrected chi connectivity index (χ0v) is 11.2. The Hall–Kier alpha value is -2.36. The number of hydrazone groups is 1. The van der Waals surface area contributed by atoms with Gasteiger partial charge in [0.05, 0.1) is 18.0 Å². The molecule has 1 heterocycles. The molecule has 0 aliphatic rings. The highest BCUT2D eigenvalue weighted by molar-refractivity contribution is 5.95. The van der Waals surface area contributed by atoms with Crippen molar-refractivity contribution < 1.29 is 9.21 Å². The first-order chi connectivity index (χ1) is 9.08. The first-order valence-electron chi connectivity index (χ1n) is 6.02. The molecule has 1 amide bonds. The van der Waals surface area contributed by atoms with Gasteiger partial charge < -0.3 is 4.42 Å². The third-order valence-corrected chi connectivity index (χ3v) is 2.90. The summed E-state index contributed by atoms with van der Waals surface area (Å²) in [5.41, 5.74) is 6.29. The molecule has 0 aliphatic carbocycles. The van der Waals surface area contributed by atoms with Crippen molar-refractivity contribution in [3.63, 3.8) is 0 Å². The van der Waals surface area contributed by atoms with Crippen molar-refractivity contribution in [2.75, 3.05) is 0 Å². The molecular weight excluding hydrogens is 240 g/mol. The van der Waals surface area contributed by atoms with Crippen LogP contribution < -0.4 is 5.43 Å². The lowest BCUT2D eigenvalue weighted by molar-refractivity contribution is 0.0953. The molecule has 98 valence electrons. The summed E-state index contributed by atoms with van der Waals surface area (Å²) in [6.45, 7) is 5.79. The van der Waals surface area contributed by atoms with Crippen LogP contribution in [0.2, 0.25) is 0 Å². The highest BCUT2D eigenvalue weighted by atomic mass is 16.3. The monoisotopic (exact) mass is 256 g/mol. The molecule has 1 aromatic heterocycles. The minimum atomic E-state index is -0.271. The number of carbonyl (C=O) groups is 1. The van der Waals surface area contributed by atoms with Gasteiger partial charge in [-0.05, 0) is 38.0 Å². The lowest BCUT2D eigenvalue weighted by Crippen LogP contribution is -2.17. The maximum absolute atomic E-state index is 11.8. The molecule has 0 radical (unpaired) electrons. The van der Waals surface area contributed by atoms with E-state index in [0.29, 0.717) is 11.3 Å². The second-order valence-corrected chi connectivity index (χ2v) is 4.45. The standard InChI is InChI=1S/C15H16N2O2/c1-10-4-5-13(11(2)8-10)9-16-17-15(18)14-6-7-19-12(14)3/h4-9H,1-3H3,(H,17,18)/b16-9-. The number of nitrogens with zero attached hydrogens (tertiary/aromatic N) is 1. The summed E-state index contributed by atoms with van der Waals surface area (Å²) in [5, 5.41) is 3.96. The van der Waals surface area contributed by atoms with Gasteiger partial charge >= 0.3 is 0 Å². The highest BCUT2D eigenvalue weighted by Gasteiger charge is 2.09. The first-order valence-corrected chi connectivity index (χ1v) is 6.02. The summed E-state index contributed by atoms with van der Waals surface area (Å²) in [6, 6.07) is 7.68. The minimum Gasteiger partial charge on any atom is -0.469 e. The van der Waals surface area contributed by atoms with Crippen LogP contribution in [0.5, 0.6) is 0 Å². The maximum Gasteiger partial charge on any atom is 0.274 e. The van der Waals surface area contributed by atoms with Crippen molar-refractivity contribution in [1.82, 2.24) is 5.43 Å². The van der Waals surface area contributed by atoms with Crippen molar-refractivity contribution in [2.24, 2.45) is 5.10 Å². The second kappa shape index (κ2) is 5.52. The molecule has 4 heteroatoms. The van der Waals surface area contributed by atoms with E-state index in [1.165, 1.54) is 11.8 Å². The molecule has 0 aliphatic heterocycles. The Labute approximate surface area is 112 Å². The van der Waals surface area contributed by atoms with E-state index in [1.807, 2.05) is 26.0 Å². The Morgan fingerprint density at radius 1 is 1.26 bits per heavy atom. The Morgan fingerprint density at radius 2 is 2.05 bits per heavy atom. The Bertz CT molecular complexity index is 627. The normalized spacial score (nSPS) is 10.9. The smallest absolute Gasteiger partial charge is 0.274 e. The minimum absolute atomic E-state index is 0.271. The van der Waals surface area contributed by atoms with Gasteiger partial charge in [0.25, 0.3) is 5.91 Å². The fourth-order valence-electron chi connectivity index (χ4n) is 1.81. The number of furan rings is 1. The summed E-state index contributed by atoms with van der Waals surface area (Å²) >= 11 is 0. The lowest BCUT2D eigenvalue weighted by atomic mass is 10.1. The molecular formula is C15H16N2O2. The summed E-state index contributed by atoms with van der Waals surface area (Å²) in [7, 11) is 0. The van der Waals surface area contributed by atoms with E-state index < -0.39 is 0 Å². The van der Waals surface area contributed by atoms with Crippen LogP contribution in [-0.2, 0) is 0 Å². The third-order valence-electron chi connectivity index (χ3n) is 2.90. The number of amides is 1. The average molecular weight is 256 g/mol. The van der Waals surface area contributed by atoms with Gasteiger partial charge in [-0.1, -0.05) is 23.8 Å². The van der Waals surface area contributed by atoms with Crippen molar-refractivity contribution in [3.8, 4) is 0 Å². The Morgan fingerprint density at radius 3 is 2.68 bits per heavy atom. The van der Waals surface area contributed by atoms with E-state index in [2.05, 4.69) is 16.6 Å². The fraction of sp³-hybridized carbons (Fsp3) is 0.200. The topological polar surface area (TPSA) is 54.6 Å². The van der Waals surface area contributed by atoms with E-state index in [0.717, 1.165) is 11.1 Å². The number of benzene rings is 1. The van der Waals surface area contributed by atoms with Crippen molar-refractivity contribution in [2.45, 2.75) is 20.8 Å². The zero-order valence-electron chi connectivity index (χ0n) is 11.2. The summed E-state index contributed by atoms with van der Waals surface area (Å²) in [5.74, 6) is 0.312. The van der Waals surface area contributed by atoms with E-state index in [-0.39, 0.29) is 5.91 Å². The van der Waals surface area contributed by atoms with E-state index in [9.17, 15) is 4.79 Å². The molecule has 0 spiro atoms. The van der Waals surface area contributed by atoms with Crippen molar-refractivity contribution in [3.05, 3.63) is 58.5 Å². The van der Waals surface area contributed by atoms with Crippen LogP contribution >= 0.6 is 0 Å². The van der Waals surface area contributed by atoms with Gasteiger partial charge in [-0.25, -0.2) is 5.43 Å². The Balaban J connectivity index is 2.04.